The number of benzene rings is 2. The summed E-state index contributed by atoms with van der Waals surface area (Å²) in [5, 5.41) is 9.16. The number of piperidine rings is 1. The predicted molar refractivity (Wildman–Crippen MR) is 98.7 cm³/mol. The van der Waals surface area contributed by atoms with Crippen LogP contribution in [0, 0.1) is 5.92 Å². The molecular weight excluding hydrogens is 334 g/mol. The van der Waals surface area contributed by atoms with Crippen molar-refractivity contribution >= 4 is 23.6 Å². The normalized spacial score (nSPS) is 17.3. The van der Waals surface area contributed by atoms with Crippen molar-refractivity contribution < 1.29 is 14.7 Å². The zero-order valence-electron chi connectivity index (χ0n) is 13.9. The molecule has 2 aromatic carbocycles. The average molecular weight is 355 g/mol. The van der Waals surface area contributed by atoms with Gasteiger partial charge in [-0.05, 0) is 42.7 Å². The Hall–Kier alpha value is -2.27. The Bertz CT molecular complexity index is 730. The second-order valence-corrected chi connectivity index (χ2v) is 7.28. The number of likely N-dealkylation sites (tertiary alicyclic amines) is 1. The fraction of sp³-hybridized carbons (Fsp3) is 0.300. The third-order valence-corrected chi connectivity index (χ3v) is 5.49. The first-order valence-electron chi connectivity index (χ1n) is 8.42. The zero-order valence-corrected chi connectivity index (χ0v) is 14.7. The molecule has 0 aliphatic carbocycles. The van der Waals surface area contributed by atoms with Gasteiger partial charge in [-0.25, -0.2) is 0 Å². The van der Waals surface area contributed by atoms with Gasteiger partial charge < -0.3 is 10.0 Å². The fourth-order valence-electron chi connectivity index (χ4n) is 2.97. The van der Waals surface area contributed by atoms with Gasteiger partial charge in [0.2, 0.25) is 0 Å². The van der Waals surface area contributed by atoms with Gasteiger partial charge in [-0.15, -0.1) is 11.8 Å². The molecule has 1 fully saturated rings. The van der Waals surface area contributed by atoms with E-state index in [1.807, 2.05) is 42.5 Å². The molecule has 0 unspecified atom stereocenters. The zero-order chi connectivity index (χ0) is 17.6. The van der Waals surface area contributed by atoms with E-state index in [1.165, 1.54) is 4.90 Å². The average Bonchev–Trinajstić information content (AvgIpc) is 2.67. The van der Waals surface area contributed by atoms with Crippen LogP contribution in [-0.2, 0) is 10.5 Å². The van der Waals surface area contributed by atoms with E-state index < -0.39 is 11.9 Å². The first-order chi connectivity index (χ1) is 12.1. The van der Waals surface area contributed by atoms with Crippen molar-refractivity contribution in [3.63, 3.8) is 0 Å². The third kappa shape index (κ3) is 4.63. The van der Waals surface area contributed by atoms with E-state index in [0.717, 1.165) is 17.7 Å². The molecule has 2 aromatic rings. The monoisotopic (exact) mass is 355 g/mol. The minimum absolute atomic E-state index is 0.0757. The van der Waals surface area contributed by atoms with Gasteiger partial charge in [0.15, 0.2) is 0 Å². The molecule has 0 spiro atoms. The van der Waals surface area contributed by atoms with Crippen LogP contribution in [0.2, 0.25) is 0 Å². The number of carboxylic acid groups (broad SMARTS) is 1. The first-order valence-corrected chi connectivity index (χ1v) is 9.41. The molecule has 0 saturated carbocycles. The van der Waals surface area contributed by atoms with Crippen LogP contribution in [0.4, 0.5) is 0 Å². The highest BCUT2D eigenvalue weighted by molar-refractivity contribution is 7.98. The van der Waals surface area contributed by atoms with Crippen LogP contribution in [0.1, 0.15) is 28.8 Å². The summed E-state index contributed by atoms with van der Waals surface area (Å²) in [6, 6.07) is 17.8. The largest absolute Gasteiger partial charge is 0.481 e. The molecule has 1 amide bonds. The van der Waals surface area contributed by atoms with Crippen molar-refractivity contribution in [1.82, 2.24) is 4.90 Å². The number of nitrogens with zero attached hydrogens (tertiary/aromatic N) is 1. The summed E-state index contributed by atoms with van der Waals surface area (Å²) in [5.41, 5.74) is 1.78. The SMILES string of the molecule is O=C(O)[C@H]1CCCN(C(=O)c2ccc(CSc3ccccc3)cc2)C1. The highest BCUT2D eigenvalue weighted by Gasteiger charge is 2.28. The van der Waals surface area contributed by atoms with Crippen LogP contribution in [0.3, 0.4) is 0 Å². The van der Waals surface area contributed by atoms with Crippen molar-refractivity contribution in [3.8, 4) is 0 Å². The highest BCUT2D eigenvalue weighted by Crippen LogP contribution is 2.23. The van der Waals surface area contributed by atoms with E-state index >= 15 is 0 Å². The Morgan fingerprint density at radius 1 is 1.08 bits per heavy atom. The molecule has 1 atom stereocenters. The highest BCUT2D eigenvalue weighted by atomic mass is 32.2. The van der Waals surface area contributed by atoms with Crippen molar-refractivity contribution in [2.45, 2.75) is 23.5 Å². The van der Waals surface area contributed by atoms with Crippen molar-refractivity contribution in [2.24, 2.45) is 5.92 Å². The van der Waals surface area contributed by atoms with E-state index in [-0.39, 0.29) is 5.91 Å². The van der Waals surface area contributed by atoms with Gasteiger partial charge in [0.25, 0.3) is 5.91 Å². The smallest absolute Gasteiger partial charge is 0.308 e. The number of rotatable bonds is 5. The van der Waals surface area contributed by atoms with E-state index in [0.29, 0.717) is 25.1 Å². The van der Waals surface area contributed by atoms with Crippen molar-refractivity contribution in [2.75, 3.05) is 13.1 Å². The molecule has 1 N–H and O–H groups in total. The lowest BCUT2D eigenvalue weighted by molar-refractivity contribution is -0.143. The number of hydrogen-bond acceptors (Lipinski definition) is 3. The second kappa shape index (κ2) is 8.21. The number of carbonyl (C=O) groups excluding carboxylic acids is 1. The maximum Gasteiger partial charge on any atom is 0.308 e. The molecule has 130 valence electrons. The number of carboxylic acids is 1. The molecule has 3 rings (SSSR count). The Morgan fingerprint density at radius 3 is 2.48 bits per heavy atom. The minimum Gasteiger partial charge on any atom is -0.481 e. The number of carbonyl (C=O) groups is 2. The van der Waals surface area contributed by atoms with Crippen LogP contribution in [0.15, 0.2) is 59.5 Å². The summed E-state index contributed by atoms with van der Waals surface area (Å²) in [7, 11) is 0. The maximum atomic E-state index is 12.6. The van der Waals surface area contributed by atoms with Gasteiger partial charge in [0.05, 0.1) is 5.92 Å². The number of thioether (sulfide) groups is 1. The lowest BCUT2D eigenvalue weighted by atomic mass is 9.97. The molecule has 25 heavy (non-hydrogen) atoms. The standard InChI is InChI=1S/C20H21NO3S/c22-19(21-12-4-5-17(13-21)20(23)24)16-10-8-15(9-11-16)14-25-18-6-2-1-3-7-18/h1-3,6-11,17H,4-5,12-14H2,(H,23,24)/t17-/m0/s1. The third-order valence-electron chi connectivity index (χ3n) is 4.41. The molecule has 4 nitrogen and oxygen atoms in total. The van der Waals surface area contributed by atoms with Crippen LogP contribution in [0.25, 0.3) is 0 Å². The van der Waals surface area contributed by atoms with Gasteiger partial charge >= 0.3 is 5.97 Å². The van der Waals surface area contributed by atoms with E-state index in [4.69, 9.17) is 5.11 Å². The number of amides is 1. The minimum atomic E-state index is -0.814. The fourth-order valence-corrected chi connectivity index (χ4v) is 3.85. The van der Waals surface area contributed by atoms with E-state index in [9.17, 15) is 9.59 Å². The Labute approximate surface area is 151 Å². The Morgan fingerprint density at radius 2 is 1.80 bits per heavy atom. The molecular formula is C20H21NO3S. The van der Waals surface area contributed by atoms with Gasteiger partial charge in [0, 0.05) is 29.3 Å². The lowest BCUT2D eigenvalue weighted by Crippen LogP contribution is -2.42. The van der Waals surface area contributed by atoms with E-state index in [2.05, 4.69) is 12.1 Å². The Balaban J connectivity index is 1.59. The van der Waals surface area contributed by atoms with Crippen LogP contribution in [-0.4, -0.2) is 35.0 Å². The van der Waals surface area contributed by atoms with Crippen LogP contribution >= 0.6 is 11.8 Å². The molecule has 1 aliphatic rings. The van der Waals surface area contributed by atoms with E-state index in [1.54, 1.807) is 16.7 Å². The van der Waals surface area contributed by atoms with Crippen molar-refractivity contribution in [1.29, 1.82) is 0 Å². The van der Waals surface area contributed by atoms with Crippen molar-refractivity contribution in [3.05, 3.63) is 65.7 Å². The quantitative estimate of drug-likeness (QED) is 0.826. The summed E-state index contributed by atoms with van der Waals surface area (Å²) in [5.74, 6) is -0.484. The summed E-state index contributed by atoms with van der Waals surface area (Å²) in [6.45, 7) is 0.938. The molecule has 0 radical (unpaired) electrons. The van der Waals surface area contributed by atoms with Gasteiger partial charge in [-0.3, -0.25) is 9.59 Å². The predicted octanol–water partition coefficient (Wildman–Crippen LogP) is 3.92. The lowest BCUT2D eigenvalue weighted by Gasteiger charge is -2.30. The second-order valence-electron chi connectivity index (χ2n) is 6.23. The topological polar surface area (TPSA) is 57.6 Å². The summed E-state index contributed by atoms with van der Waals surface area (Å²) in [6.07, 6.45) is 1.39. The molecule has 0 bridgehead atoms. The van der Waals surface area contributed by atoms with Crippen LogP contribution < -0.4 is 0 Å². The molecule has 1 heterocycles. The molecule has 5 heteroatoms. The molecule has 1 saturated heterocycles. The first kappa shape index (κ1) is 17.5. The Kier molecular flexibility index (Phi) is 5.76. The summed E-state index contributed by atoms with van der Waals surface area (Å²) in [4.78, 5) is 26.6. The van der Waals surface area contributed by atoms with Gasteiger partial charge in [-0.1, -0.05) is 30.3 Å². The van der Waals surface area contributed by atoms with Gasteiger partial charge in [0.1, 0.15) is 0 Å². The van der Waals surface area contributed by atoms with Gasteiger partial charge in [-0.2, -0.15) is 0 Å². The van der Waals surface area contributed by atoms with Crippen LogP contribution in [0.5, 0.6) is 0 Å². The number of hydrogen-bond donors (Lipinski definition) is 1. The molecule has 0 aromatic heterocycles. The summed E-state index contributed by atoms with van der Waals surface area (Å²) < 4.78 is 0. The molecule has 1 aliphatic heterocycles. The summed E-state index contributed by atoms with van der Waals surface area (Å²) >= 11 is 1.76. The number of aliphatic carboxylic acids is 1. The maximum absolute atomic E-state index is 12.6.